The van der Waals surface area contributed by atoms with Crippen LogP contribution in [0.5, 0.6) is 11.5 Å². The molecule has 1 aliphatic rings. The molecule has 5 heteroatoms. The van der Waals surface area contributed by atoms with E-state index in [1.165, 1.54) is 21.9 Å². The van der Waals surface area contributed by atoms with Crippen LogP contribution in [0.1, 0.15) is 25.0 Å². The Bertz CT molecular complexity index is 3660. The van der Waals surface area contributed by atoms with Crippen molar-refractivity contribution in [1.82, 2.24) is 9.13 Å². The van der Waals surface area contributed by atoms with Crippen molar-refractivity contribution in [1.29, 1.82) is 0 Å². The summed E-state index contributed by atoms with van der Waals surface area (Å²) in [4.78, 5) is 0. The maximum atomic E-state index is 7.22. The largest absolute Gasteiger partial charge is 0.456 e. The lowest BCUT2D eigenvalue weighted by atomic mass is 9.73. The molecule has 0 radical (unpaired) electrons. The minimum Gasteiger partial charge on any atom is -0.456 e. The van der Waals surface area contributed by atoms with Crippen molar-refractivity contribution in [2.75, 3.05) is 0 Å². The lowest BCUT2D eigenvalue weighted by Gasteiger charge is -2.35. The second kappa shape index (κ2) is 10.5. The summed E-state index contributed by atoms with van der Waals surface area (Å²) in [5.74, 6) is 1.81. The van der Waals surface area contributed by atoms with E-state index in [1.807, 2.05) is 24.3 Å². The van der Waals surface area contributed by atoms with Crippen molar-refractivity contribution in [3.8, 4) is 22.9 Å². The van der Waals surface area contributed by atoms with Gasteiger partial charge in [-0.25, -0.2) is 0 Å². The Labute approximate surface area is 320 Å². The lowest BCUT2D eigenvalue weighted by molar-refractivity contribution is 0.426. The van der Waals surface area contributed by atoms with Gasteiger partial charge in [-0.15, -0.1) is 0 Å². The first-order valence-corrected chi connectivity index (χ1v) is 19.2. The van der Waals surface area contributed by atoms with Gasteiger partial charge in [0.2, 0.25) is 0 Å². The van der Waals surface area contributed by atoms with Gasteiger partial charge in [-0.3, -0.25) is 0 Å². The zero-order valence-electron chi connectivity index (χ0n) is 30.6. The lowest BCUT2D eigenvalue weighted by Crippen LogP contribution is -2.24. The topological polar surface area (TPSA) is 45.4 Å². The van der Waals surface area contributed by atoms with Gasteiger partial charge < -0.3 is 22.7 Å². The van der Waals surface area contributed by atoms with E-state index >= 15 is 0 Å². The van der Waals surface area contributed by atoms with Gasteiger partial charge in [0.1, 0.15) is 33.8 Å². The summed E-state index contributed by atoms with van der Waals surface area (Å²) in [7, 11) is 0. The van der Waals surface area contributed by atoms with E-state index in [4.69, 9.17) is 13.6 Å². The van der Waals surface area contributed by atoms with Crippen molar-refractivity contribution < 1.29 is 13.6 Å². The summed E-state index contributed by atoms with van der Waals surface area (Å²) in [5.41, 5.74) is 12.3. The highest BCUT2D eigenvalue weighted by molar-refractivity contribution is 6.16. The SMILES string of the molecule is CC1(C)c2ccc3c(c2Oc2ccc4c(c21)c1ccccc1n4-c1ccc2oc4ccccc4c2c1)c1ccccc1n3-c1ccc2oc3ccccc3c2c1. The Morgan fingerprint density at radius 1 is 0.411 bits per heavy atom. The third kappa shape index (κ3) is 3.79. The number of para-hydroxylation sites is 4. The van der Waals surface area contributed by atoms with Gasteiger partial charge in [-0.2, -0.15) is 0 Å². The van der Waals surface area contributed by atoms with Crippen LogP contribution in [-0.2, 0) is 5.41 Å². The summed E-state index contributed by atoms with van der Waals surface area (Å²) >= 11 is 0. The van der Waals surface area contributed by atoms with Crippen molar-refractivity contribution in [3.05, 3.63) is 169 Å². The molecule has 4 aromatic heterocycles. The molecule has 0 fully saturated rings. The van der Waals surface area contributed by atoms with E-state index in [0.29, 0.717) is 0 Å². The van der Waals surface area contributed by atoms with E-state index in [2.05, 4.69) is 156 Å². The molecule has 0 unspecified atom stereocenters. The molecule has 0 saturated carbocycles. The second-order valence-corrected chi connectivity index (χ2v) is 15.7. The van der Waals surface area contributed by atoms with Crippen molar-refractivity contribution in [2.45, 2.75) is 19.3 Å². The summed E-state index contributed by atoms with van der Waals surface area (Å²) in [6.45, 7) is 4.71. The molecule has 0 aliphatic carbocycles. The molecule has 5 nitrogen and oxygen atoms in total. The van der Waals surface area contributed by atoms with Crippen LogP contribution in [0.4, 0.5) is 0 Å². The molecule has 8 aromatic carbocycles. The molecule has 12 aromatic rings. The van der Waals surface area contributed by atoms with Crippen LogP contribution < -0.4 is 4.74 Å². The Kier molecular flexibility index (Phi) is 5.65. The first-order valence-electron chi connectivity index (χ1n) is 19.2. The quantitative estimate of drug-likeness (QED) is 0.179. The molecule has 0 N–H and O–H groups in total. The van der Waals surface area contributed by atoms with Gasteiger partial charge in [0.25, 0.3) is 0 Å². The minimum atomic E-state index is -0.381. The summed E-state index contributed by atoms with van der Waals surface area (Å²) in [5, 5.41) is 9.16. The zero-order chi connectivity index (χ0) is 36.9. The van der Waals surface area contributed by atoms with Crippen LogP contribution >= 0.6 is 0 Å². The maximum Gasteiger partial charge on any atom is 0.141 e. The molecule has 13 rings (SSSR count). The standard InChI is InChI=1S/C51H32N2O3/c1-51(2)37-21-22-41-48(34-14-4-8-16-39(34)53(41)30-20-25-45-36(28-30)32-12-6-10-18-43(32)55-45)50(37)56-46-26-23-40-47(49(46)51)33-13-3-7-15-38(33)52(40)29-19-24-44-35(27-29)31-11-5-9-17-42(31)54-44/h3-28H,1-2H3. The molecule has 0 saturated heterocycles. The third-order valence-corrected chi connectivity index (χ3v) is 12.3. The summed E-state index contributed by atoms with van der Waals surface area (Å²) < 4.78 is 24.4. The molecule has 0 spiro atoms. The van der Waals surface area contributed by atoms with Gasteiger partial charge in [0.05, 0.1) is 27.5 Å². The van der Waals surface area contributed by atoms with E-state index in [1.54, 1.807) is 0 Å². The highest BCUT2D eigenvalue weighted by Gasteiger charge is 2.39. The Morgan fingerprint density at radius 2 is 0.893 bits per heavy atom. The molecule has 0 atom stereocenters. The number of aromatic nitrogens is 2. The number of ether oxygens (including phenoxy) is 1. The first-order chi connectivity index (χ1) is 27.5. The predicted octanol–water partition coefficient (Wildman–Crippen LogP) is 14.1. The van der Waals surface area contributed by atoms with Crippen LogP contribution in [-0.4, -0.2) is 9.13 Å². The zero-order valence-corrected chi connectivity index (χ0v) is 30.6. The number of fused-ring (bicyclic) bond motifs is 16. The third-order valence-electron chi connectivity index (χ3n) is 12.3. The number of hydrogen-bond acceptors (Lipinski definition) is 3. The molecule has 1 aliphatic heterocycles. The fourth-order valence-electron chi connectivity index (χ4n) is 9.88. The second-order valence-electron chi connectivity index (χ2n) is 15.7. The molecule has 0 amide bonds. The maximum absolute atomic E-state index is 7.22. The highest BCUT2D eigenvalue weighted by Crippen LogP contribution is 2.55. The Balaban J connectivity index is 1.04. The molecular formula is C51H32N2O3. The van der Waals surface area contributed by atoms with Crippen LogP contribution in [0.3, 0.4) is 0 Å². The fourth-order valence-corrected chi connectivity index (χ4v) is 9.88. The van der Waals surface area contributed by atoms with Gasteiger partial charge in [0.15, 0.2) is 0 Å². The number of benzene rings is 8. The molecular weight excluding hydrogens is 689 g/mol. The Morgan fingerprint density at radius 3 is 1.50 bits per heavy atom. The van der Waals surface area contributed by atoms with E-state index < -0.39 is 0 Å². The monoisotopic (exact) mass is 720 g/mol. The van der Waals surface area contributed by atoms with Crippen LogP contribution in [0, 0.1) is 0 Å². The number of rotatable bonds is 2. The van der Waals surface area contributed by atoms with Crippen molar-refractivity contribution in [2.24, 2.45) is 0 Å². The average molecular weight is 721 g/mol. The predicted molar refractivity (Wildman–Crippen MR) is 228 cm³/mol. The summed E-state index contributed by atoms with van der Waals surface area (Å²) in [6, 6.07) is 56.0. The number of hydrogen-bond donors (Lipinski definition) is 0. The molecule has 264 valence electrons. The summed E-state index contributed by atoms with van der Waals surface area (Å²) in [6.07, 6.45) is 0. The van der Waals surface area contributed by atoms with Crippen molar-refractivity contribution >= 4 is 87.5 Å². The van der Waals surface area contributed by atoms with Crippen LogP contribution in [0.15, 0.2) is 167 Å². The van der Waals surface area contributed by atoms with Gasteiger partial charge in [0, 0.05) is 65.6 Å². The first kappa shape index (κ1) is 30.1. The minimum absolute atomic E-state index is 0.381. The van der Waals surface area contributed by atoms with E-state index in [-0.39, 0.29) is 5.41 Å². The van der Waals surface area contributed by atoms with Gasteiger partial charge >= 0.3 is 0 Å². The molecule has 56 heavy (non-hydrogen) atoms. The molecule has 0 bridgehead atoms. The Hall–Kier alpha value is -7.24. The van der Waals surface area contributed by atoms with E-state index in [0.717, 1.165) is 99.6 Å². The van der Waals surface area contributed by atoms with Crippen LogP contribution in [0.25, 0.3) is 98.9 Å². The smallest absolute Gasteiger partial charge is 0.141 e. The normalized spacial score (nSPS) is 13.8. The van der Waals surface area contributed by atoms with Gasteiger partial charge in [-0.1, -0.05) is 92.7 Å². The van der Waals surface area contributed by atoms with Crippen molar-refractivity contribution in [3.63, 3.8) is 0 Å². The fraction of sp³-hybridized carbons (Fsp3) is 0.0588. The van der Waals surface area contributed by atoms with Crippen LogP contribution in [0.2, 0.25) is 0 Å². The average Bonchev–Trinajstić information content (AvgIpc) is 3.98. The highest BCUT2D eigenvalue weighted by atomic mass is 16.5. The van der Waals surface area contributed by atoms with Gasteiger partial charge in [-0.05, 0) is 78.9 Å². The van der Waals surface area contributed by atoms with E-state index in [9.17, 15) is 0 Å². The number of nitrogens with zero attached hydrogens (tertiary/aromatic N) is 2. The number of furan rings is 2. The molecule has 5 heterocycles.